The maximum atomic E-state index is 14.0. The molecule has 0 saturated carbocycles. The first-order valence-electron chi connectivity index (χ1n) is 5.11. The molecule has 90 valence electrons. The molecule has 0 amide bonds. The average Bonchev–Trinajstić information content (AvgIpc) is 2.75. The Hall–Kier alpha value is -1.95. The smallest absolute Gasteiger partial charge is 0.171 e. The van der Waals surface area contributed by atoms with Crippen molar-refractivity contribution in [2.75, 3.05) is 7.11 Å². The fourth-order valence-electron chi connectivity index (χ4n) is 1.62. The molecule has 6 heteroatoms. The number of nitrogens with zero attached hydrogens (tertiary/aromatic N) is 3. The molecule has 2 aromatic rings. The van der Waals surface area contributed by atoms with Gasteiger partial charge < -0.3 is 10.5 Å². The Morgan fingerprint density at radius 1 is 1.47 bits per heavy atom. The Labute approximate surface area is 98.0 Å². The van der Waals surface area contributed by atoms with Crippen LogP contribution in [-0.2, 0) is 6.54 Å². The van der Waals surface area contributed by atoms with Crippen LogP contribution in [0.5, 0.6) is 5.75 Å². The quantitative estimate of drug-likeness (QED) is 0.869. The summed E-state index contributed by atoms with van der Waals surface area (Å²) in [6, 6.07) is 3.25. The summed E-state index contributed by atoms with van der Waals surface area (Å²) >= 11 is 0. The largest absolute Gasteiger partial charge is 0.494 e. The number of halogens is 1. The van der Waals surface area contributed by atoms with E-state index in [4.69, 9.17) is 10.5 Å². The van der Waals surface area contributed by atoms with Crippen molar-refractivity contribution in [1.82, 2.24) is 14.8 Å². The first kappa shape index (κ1) is 11.5. The second kappa shape index (κ2) is 4.50. The lowest BCUT2D eigenvalue weighted by molar-refractivity contribution is 0.384. The van der Waals surface area contributed by atoms with E-state index in [1.807, 2.05) is 0 Å². The van der Waals surface area contributed by atoms with Crippen LogP contribution in [0, 0.1) is 12.7 Å². The van der Waals surface area contributed by atoms with Crippen molar-refractivity contribution < 1.29 is 9.13 Å². The number of methoxy groups -OCH3 is 1. The molecule has 0 fully saturated rings. The average molecular weight is 236 g/mol. The highest BCUT2D eigenvalue weighted by molar-refractivity contribution is 5.46. The van der Waals surface area contributed by atoms with E-state index < -0.39 is 5.82 Å². The van der Waals surface area contributed by atoms with E-state index in [1.54, 1.807) is 19.1 Å². The molecule has 1 aromatic heterocycles. The predicted octanol–water partition coefficient (Wildman–Crippen LogP) is 1.18. The van der Waals surface area contributed by atoms with Crippen LogP contribution in [0.4, 0.5) is 4.39 Å². The lowest BCUT2D eigenvalue weighted by Gasteiger charge is -2.11. The van der Waals surface area contributed by atoms with Gasteiger partial charge >= 0.3 is 0 Å². The Kier molecular flexibility index (Phi) is 3.06. The monoisotopic (exact) mass is 236 g/mol. The third-order valence-electron chi connectivity index (χ3n) is 2.46. The molecule has 0 aliphatic carbocycles. The van der Waals surface area contributed by atoms with Crippen LogP contribution in [-0.4, -0.2) is 21.9 Å². The minimum Gasteiger partial charge on any atom is -0.494 e. The van der Waals surface area contributed by atoms with Gasteiger partial charge in [0.05, 0.1) is 12.8 Å². The van der Waals surface area contributed by atoms with Gasteiger partial charge in [0.1, 0.15) is 12.2 Å². The number of benzene rings is 1. The van der Waals surface area contributed by atoms with Crippen molar-refractivity contribution in [3.63, 3.8) is 0 Å². The molecule has 0 saturated heterocycles. The molecule has 0 bridgehead atoms. The van der Waals surface area contributed by atoms with Crippen LogP contribution in [0.2, 0.25) is 0 Å². The van der Waals surface area contributed by atoms with Gasteiger partial charge in [-0.2, -0.15) is 5.10 Å². The summed E-state index contributed by atoms with van der Waals surface area (Å²) in [6.07, 6.45) is 1.52. The van der Waals surface area contributed by atoms with Gasteiger partial charge in [0.15, 0.2) is 11.6 Å². The maximum absolute atomic E-state index is 14.0. The molecule has 1 heterocycles. The minimum absolute atomic E-state index is 0.0667. The summed E-state index contributed by atoms with van der Waals surface area (Å²) in [5, 5.41) is 4.13. The second-order valence-electron chi connectivity index (χ2n) is 3.52. The first-order chi connectivity index (χ1) is 8.17. The van der Waals surface area contributed by atoms with E-state index in [1.165, 1.54) is 18.1 Å². The summed E-state index contributed by atoms with van der Waals surface area (Å²) in [5.74, 6) is 0.330. The molecule has 0 aliphatic heterocycles. The number of hydrogen-bond acceptors (Lipinski definition) is 4. The van der Waals surface area contributed by atoms with Gasteiger partial charge in [-0.05, 0) is 19.1 Å². The molecule has 2 rings (SSSR count). The molecule has 0 unspecified atom stereocenters. The summed E-state index contributed by atoms with van der Waals surface area (Å²) < 4.78 is 20.4. The van der Waals surface area contributed by atoms with Crippen LogP contribution < -0.4 is 10.5 Å². The van der Waals surface area contributed by atoms with Gasteiger partial charge in [0.2, 0.25) is 0 Å². The molecule has 0 atom stereocenters. The first-order valence-corrected chi connectivity index (χ1v) is 5.11. The number of nitrogens with two attached hydrogens (primary N) is 1. The van der Waals surface area contributed by atoms with Gasteiger partial charge in [-0.15, -0.1) is 0 Å². The van der Waals surface area contributed by atoms with Crippen molar-refractivity contribution in [3.05, 3.63) is 35.7 Å². The van der Waals surface area contributed by atoms with Gasteiger partial charge in [0.25, 0.3) is 0 Å². The summed E-state index contributed by atoms with van der Waals surface area (Å²) in [4.78, 5) is 4.00. The highest BCUT2D eigenvalue weighted by Gasteiger charge is 2.14. The molecule has 17 heavy (non-hydrogen) atoms. The molecular formula is C11H13FN4O. The van der Waals surface area contributed by atoms with E-state index in [0.717, 1.165) is 0 Å². The predicted molar refractivity (Wildman–Crippen MR) is 60.5 cm³/mol. The van der Waals surface area contributed by atoms with Crippen molar-refractivity contribution in [1.29, 1.82) is 0 Å². The summed E-state index contributed by atoms with van der Waals surface area (Å²) in [6.45, 7) is 1.83. The van der Waals surface area contributed by atoms with Crippen molar-refractivity contribution in [2.45, 2.75) is 13.5 Å². The van der Waals surface area contributed by atoms with Crippen molar-refractivity contribution >= 4 is 0 Å². The zero-order valence-electron chi connectivity index (χ0n) is 9.64. The number of aromatic nitrogens is 3. The topological polar surface area (TPSA) is 66.0 Å². The van der Waals surface area contributed by atoms with Gasteiger partial charge in [-0.25, -0.2) is 14.1 Å². The molecule has 0 aliphatic rings. The maximum Gasteiger partial charge on any atom is 0.171 e. The molecule has 1 aromatic carbocycles. The summed E-state index contributed by atoms with van der Waals surface area (Å²) in [7, 11) is 1.41. The van der Waals surface area contributed by atoms with E-state index in [2.05, 4.69) is 10.1 Å². The Morgan fingerprint density at radius 2 is 2.24 bits per heavy atom. The van der Waals surface area contributed by atoms with Crippen LogP contribution in [0.3, 0.4) is 0 Å². The van der Waals surface area contributed by atoms with Crippen LogP contribution >= 0.6 is 0 Å². The molecule has 2 N–H and O–H groups in total. The minimum atomic E-state index is -0.458. The number of hydrogen-bond donors (Lipinski definition) is 1. The third-order valence-corrected chi connectivity index (χ3v) is 2.46. The van der Waals surface area contributed by atoms with Gasteiger partial charge in [0, 0.05) is 12.1 Å². The Bertz CT molecular complexity index is 538. The zero-order valence-corrected chi connectivity index (χ0v) is 9.64. The molecule has 5 nitrogen and oxygen atoms in total. The van der Waals surface area contributed by atoms with Crippen LogP contribution in [0.1, 0.15) is 11.4 Å². The fraction of sp³-hybridized carbons (Fsp3) is 0.273. The van der Waals surface area contributed by atoms with Gasteiger partial charge in [-0.3, -0.25) is 0 Å². The lowest BCUT2D eigenvalue weighted by Crippen LogP contribution is -2.09. The zero-order chi connectivity index (χ0) is 12.4. The van der Waals surface area contributed by atoms with Gasteiger partial charge in [-0.1, -0.05) is 0 Å². The van der Waals surface area contributed by atoms with E-state index in [9.17, 15) is 4.39 Å². The van der Waals surface area contributed by atoms with E-state index >= 15 is 0 Å². The SMILES string of the molecule is COc1ccc(-n2cnc(C)n2)c(CN)c1F. The highest BCUT2D eigenvalue weighted by atomic mass is 19.1. The van der Waals surface area contributed by atoms with Crippen molar-refractivity contribution in [3.8, 4) is 11.4 Å². The number of aryl methyl sites for hydroxylation is 1. The van der Waals surface area contributed by atoms with Crippen LogP contribution in [0.25, 0.3) is 5.69 Å². The number of rotatable bonds is 3. The normalized spacial score (nSPS) is 10.6. The molecular weight excluding hydrogens is 223 g/mol. The Balaban J connectivity index is 2.58. The second-order valence-corrected chi connectivity index (χ2v) is 3.52. The third kappa shape index (κ3) is 1.99. The van der Waals surface area contributed by atoms with Crippen molar-refractivity contribution in [2.24, 2.45) is 5.73 Å². The molecule has 0 spiro atoms. The van der Waals surface area contributed by atoms with E-state index in [-0.39, 0.29) is 12.3 Å². The number of ether oxygens (including phenoxy) is 1. The summed E-state index contributed by atoms with van der Waals surface area (Å²) in [5.41, 5.74) is 6.49. The standard InChI is InChI=1S/C11H13FN4O/c1-7-14-6-16(15-7)9-3-4-10(17-2)11(12)8(9)5-13/h3-4,6H,5,13H2,1-2H3. The fourth-order valence-corrected chi connectivity index (χ4v) is 1.62. The molecule has 0 radical (unpaired) electrons. The Morgan fingerprint density at radius 3 is 2.76 bits per heavy atom. The van der Waals surface area contributed by atoms with Crippen LogP contribution in [0.15, 0.2) is 18.5 Å². The van der Waals surface area contributed by atoms with E-state index in [0.29, 0.717) is 17.1 Å². The lowest BCUT2D eigenvalue weighted by atomic mass is 10.1. The highest BCUT2D eigenvalue weighted by Crippen LogP contribution is 2.25.